The topological polar surface area (TPSA) is 66.7 Å². The SMILES string of the molecule is CCCN1C(=O)CC[C@H]2CN(C(=O)c3cc(C)on3)CC[C@H]21. The maximum Gasteiger partial charge on any atom is 0.276 e. The van der Waals surface area contributed by atoms with Gasteiger partial charge in [0, 0.05) is 38.2 Å². The fraction of sp³-hybridized carbons (Fsp3) is 0.688. The molecule has 0 aromatic carbocycles. The molecule has 0 bridgehead atoms. The first kappa shape index (κ1) is 15.1. The zero-order valence-corrected chi connectivity index (χ0v) is 13.2. The summed E-state index contributed by atoms with van der Waals surface area (Å²) in [4.78, 5) is 28.5. The Hall–Kier alpha value is -1.85. The molecular formula is C16H23N3O3. The summed E-state index contributed by atoms with van der Waals surface area (Å²) in [7, 11) is 0. The molecule has 3 heterocycles. The molecular weight excluding hydrogens is 282 g/mol. The van der Waals surface area contributed by atoms with Gasteiger partial charge in [-0.05, 0) is 32.1 Å². The number of carbonyl (C=O) groups is 2. The highest BCUT2D eigenvalue weighted by Crippen LogP contribution is 2.31. The standard InChI is InChI=1S/C16H23N3O3/c1-3-7-19-14-6-8-18(10-12(14)4-5-15(19)20)16(21)13-9-11(2)22-17-13/h9,12,14H,3-8,10H2,1-2H3/t12-,14+/m0/s1. The number of rotatable bonds is 3. The molecule has 0 spiro atoms. The molecule has 1 aromatic heterocycles. The van der Waals surface area contributed by atoms with Gasteiger partial charge in [-0.2, -0.15) is 0 Å². The van der Waals surface area contributed by atoms with E-state index in [-0.39, 0.29) is 11.8 Å². The Labute approximate surface area is 130 Å². The van der Waals surface area contributed by atoms with Gasteiger partial charge in [0.05, 0.1) is 0 Å². The van der Waals surface area contributed by atoms with Crippen molar-refractivity contribution in [2.24, 2.45) is 5.92 Å². The third kappa shape index (κ3) is 2.74. The molecule has 120 valence electrons. The summed E-state index contributed by atoms with van der Waals surface area (Å²) in [5.41, 5.74) is 0.383. The van der Waals surface area contributed by atoms with Crippen LogP contribution in [-0.2, 0) is 4.79 Å². The third-order valence-corrected chi connectivity index (χ3v) is 4.74. The highest BCUT2D eigenvalue weighted by Gasteiger charge is 2.40. The molecule has 6 nitrogen and oxygen atoms in total. The molecule has 2 amide bonds. The van der Waals surface area contributed by atoms with Crippen molar-refractivity contribution >= 4 is 11.8 Å². The molecule has 0 radical (unpaired) electrons. The van der Waals surface area contributed by atoms with Gasteiger partial charge in [0.1, 0.15) is 5.76 Å². The van der Waals surface area contributed by atoms with Crippen molar-refractivity contribution in [2.45, 2.75) is 45.6 Å². The normalized spacial score (nSPS) is 25.3. The Morgan fingerprint density at radius 1 is 1.45 bits per heavy atom. The zero-order valence-electron chi connectivity index (χ0n) is 13.2. The molecule has 0 N–H and O–H groups in total. The molecule has 0 aliphatic carbocycles. The first-order valence-corrected chi connectivity index (χ1v) is 8.12. The predicted molar refractivity (Wildman–Crippen MR) is 80.3 cm³/mol. The predicted octanol–water partition coefficient (Wildman–Crippen LogP) is 1.85. The van der Waals surface area contributed by atoms with Crippen LogP contribution in [-0.4, -0.2) is 52.4 Å². The van der Waals surface area contributed by atoms with E-state index < -0.39 is 0 Å². The van der Waals surface area contributed by atoms with Gasteiger partial charge in [-0.25, -0.2) is 0 Å². The summed E-state index contributed by atoms with van der Waals surface area (Å²) in [5.74, 6) is 1.25. The average molecular weight is 305 g/mol. The quantitative estimate of drug-likeness (QED) is 0.854. The molecule has 0 saturated carbocycles. The summed E-state index contributed by atoms with van der Waals surface area (Å²) in [6.07, 6.45) is 3.33. The number of carbonyl (C=O) groups excluding carboxylic acids is 2. The van der Waals surface area contributed by atoms with E-state index in [1.807, 2.05) is 9.80 Å². The van der Waals surface area contributed by atoms with Crippen molar-refractivity contribution in [2.75, 3.05) is 19.6 Å². The molecule has 2 aliphatic heterocycles. The van der Waals surface area contributed by atoms with Gasteiger partial charge in [-0.15, -0.1) is 0 Å². The summed E-state index contributed by atoms with van der Waals surface area (Å²) in [5, 5.41) is 3.82. The van der Waals surface area contributed by atoms with Crippen LogP contribution in [0.25, 0.3) is 0 Å². The Morgan fingerprint density at radius 2 is 2.27 bits per heavy atom. The van der Waals surface area contributed by atoms with Crippen LogP contribution < -0.4 is 0 Å². The molecule has 2 saturated heterocycles. The van der Waals surface area contributed by atoms with Crippen molar-refractivity contribution in [1.82, 2.24) is 15.0 Å². The van der Waals surface area contributed by atoms with Gasteiger partial charge in [0.15, 0.2) is 5.69 Å². The number of amides is 2. The summed E-state index contributed by atoms with van der Waals surface area (Å²) in [6, 6.07) is 1.98. The Balaban J connectivity index is 1.69. The molecule has 2 fully saturated rings. The number of hydrogen-bond acceptors (Lipinski definition) is 4. The van der Waals surface area contributed by atoms with Crippen molar-refractivity contribution in [3.63, 3.8) is 0 Å². The van der Waals surface area contributed by atoms with Crippen LogP contribution in [0.4, 0.5) is 0 Å². The van der Waals surface area contributed by atoms with E-state index in [4.69, 9.17) is 4.52 Å². The maximum atomic E-state index is 12.5. The van der Waals surface area contributed by atoms with Gasteiger partial charge in [0.2, 0.25) is 5.91 Å². The molecule has 3 rings (SSSR count). The highest BCUT2D eigenvalue weighted by molar-refractivity contribution is 5.92. The van der Waals surface area contributed by atoms with E-state index in [0.29, 0.717) is 42.9 Å². The van der Waals surface area contributed by atoms with E-state index in [0.717, 1.165) is 25.8 Å². The summed E-state index contributed by atoms with van der Waals surface area (Å²) in [6.45, 7) is 6.10. The number of fused-ring (bicyclic) bond motifs is 1. The maximum absolute atomic E-state index is 12.5. The molecule has 0 unspecified atom stereocenters. The first-order valence-electron chi connectivity index (χ1n) is 8.12. The van der Waals surface area contributed by atoms with Crippen molar-refractivity contribution in [1.29, 1.82) is 0 Å². The minimum atomic E-state index is -0.0609. The lowest BCUT2D eigenvalue weighted by Crippen LogP contribution is -2.57. The van der Waals surface area contributed by atoms with Crippen molar-refractivity contribution in [3.05, 3.63) is 17.5 Å². The van der Waals surface area contributed by atoms with Crippen LogP contribution in [0.5, 0.6) is 0 Å². The molecule has 22 heavy (non-hydrogen) atoms. The molecule has 1 aromatic rings. The van der Waals surface area contributed by atoms with Crippen LogP contribution in [0.3, 0.4) is 0 Å². The summed E-state index contributed by atoms with van der Waals surface area (Å²) >= 11 is 0. The Kier molecular flexibility index (Phi) is 4.18. The smallest absolute Gasteiger partial charge is 0.276 e. The average Bonchev–Trinajstić information content (AvgIpc) is 2.95. The van der Waals surface area contributed by atoms with E-state index in [9.17, 15) is 9.59 Å². The Bertz CT molecular complexity index is 569. The largest absolute Gasteiger partial charge is 0.361 e. The van der Waals surface area contributed by atoms with Crippen LogP contribution in [0.2, 0.25) is 0 Å². The van der Waals surface area contributed by atoms with Gasteiger partial charge >= 0.3 is 0 Å². The monoisotopic (exact) mass is 305 g/mol. The lowest BCUT2D eigenvalue weighted by Gasteiger charge is -2.47. The lowest BCUT2D eigenvalue weighted by molar-refractivity contribution is -0.140. The summed E-state index contributed by atoms with van der Waals surface area (Å²) < 4.78 is 5.00. The highest BCUT2D eigenvalue weighted by atomic mass is 16.5. The molecule has 2 atom stereocenters. The number of nitrogens with zero attached hydrogens (tertiary/aromatic N) is 3. The Morgan fingerprint density at radius 3 is 2.95 bits per heavy atom. The van der Waals surface area contributed by atoms with Gasteiger partial charge in [-0.3, -0.25) is 9.59 Å². The second-order valence-electron chi connectivity index (χ2n) is 6.32. The molecule has 2 aliphatic rings. The first-order chi connectivity index (χ1) is 10.6. The lowest BCUT2D eigenvalue weighted by atomic mass is 9.83. The van der Waals surface area contributed by atoms with Crippen molar-refractivity contribution < 1.29 is 14.1 Å². The fourth-order valence-electron chi connectivity index (χ4n) is 3.70. The van der Waals surface area contributed by atoms with Crippen LogP contribution >= 0.6 is 0 Å². The number of likely N-dealkylation sites (tertiary alicyclic amines) is 2. The molecule has 6 heteroatoms. The second kappa shape index (κ2) is 6.10. The van der Waals surface area contributed by atoms with E-state index in [1.54, 1.807) is 13.0 Å². The number of aromatic nitrogens is 1. The minimum absolute atomic E-state index is 0.0609. The van der Waals surface area contributed by atoms with E-state index in [2.05, 4.69) is 12.1 Å². The van der Waals surface area contributed by atoms with Crippen molar-refractivity contribution in [3.8, 4) is 0 Å². The third-order valence-electron chi connectivity index (χ3n) is 4.74. The van der Waals surface area contributed by atoms with Gasteiger partial charge in [0.25, 0.3) is 5.91 Å². The number of hydrogen-bond donors (Lipinski definition) is 0. The second-order valence-corrected chi connectivity index (χ2v) is 6.32. The van der Waals surface area contributed by atoms with Crippen LogP contribution in [0.15, 0.2) is 10.6 Å². The van der Waals surface area contributed by atoms with E-state index in [1.165, 1.54) is 0 Å². The van der Waals surface area contributed by atoms with Crippen LogP contribution in [0.1, 0.15) is 48.9 Å². The number of aryl methyl sites for hydroxylation is 1. The zero-order chi connectivity index (χ0) is 15.7. The number of piperidine rings is 2. The van der Waals surface area contributed by atoms with Gasteiger partial charge in [-0.1, -0.05) is 12.1 Å². The van der Waals surface area contributed by atoms with Gasteiger partial charge < -0.3 is 14.3 Å². The fourth-order valence-corrected chi connectivity index (χ4v) is 3.70. The van der Waals surface area contributed by atoms with Crippen LogP contribution in [0, 0.1) is 12.8 Å². The van der Waals surface area contributed by atoms with E-state index >= 15 is 0 Å². The minimum Gasteiger partial charge on any atom is -0.361 e.